The third-order valence-electron chi connectivity index (χ3n) is 2.96. The van der Waals surface area contributed by atoms with Crippen LogP contribution in [0.25, 0.3) is 0 Å². The highest BCUT2D eigenvalue weighted by Gasteiger charge is 2.21. The zero-order chi connectivity index (χ0) is 19.3. The second-order valence-electron chi connectivity index (χ2n) is 4.98. The first-order valence-corrected chi connectivity index (χ1v) is 7.52. The number of aliphatic carboxylic acids is 1. The van der Waals surface area contributed by atoms with Gasteiger partial charge in [-0.3, -0.25) is 0 Å². The van der Waals surface area contributed by atoms with E-state index in [1.807, 2.05) is 20.6 Å². The molecule has 0 radical (unpaired) electrons. The first-order chi connectivity index (χ1) is 11.5. The van der Waals surface area contributed by atoms with Crippen molar-refractivity contribution in [2.45, 2.75) is 12.8 Å². The molecule has 0 aromatic carbocycles. The summed E-state index contributed by atoms with van der Waals surface area (Å²) in [5, 5.41) is 28.0. The summed E-state index contributed by atoms with van der Waals surface area (Å²) in [5.41, 5.74) is 0. The number of rotatable bonds is 14. The Kier molecular flexibility index (Phi) is 24.7. The summed E-state index contributed by atoms with van der Waals surface area (Å²) >= 11 is 0. The largest absolute Gasteiger partial charge is 0.544 e. The fourth-order valence-corrected chi connectivity index (χ4v) is 2.01. The molecule has 0 rings (SSSR count). The Balaban J connectivity index is -0.00000102. The molecule has 0 spiro atoms. The van der Waals surface area contributed by atoms with E-state index in [-0.39, 0.29) is 19.8 Å². The van der Waals surface area contributed by atoms with E-state index in [9.17, 15) is 9.90 Å². The van der Waals surface area contributed by atoms with Crippen LogP contribution in [0.15, 0.2) is 0 Å². The Labute approximate surface area is 143 Å². The van der Waals surface area contributed by atoms with Crippen LogP contribution in [0.3, 0.4) is 0 Å². The Bertz CT molecular complexity index is 262. The van der Waals surface area contributed by atoms with Crippen LogP contribution in [-0.2, 0) is 23.9 Å². The molecule has 0 heterocycles. The molecule has 24 heavy (non-hydrogen) atoms. The number of aliphatic hydroxyl groups is 2. The molecule has 0 saturated heterocycles. The van der Waals surface area contributed by atoms with Crippen LogP contribution >= 0.6 is 0 Å². The number of hydrogen-bond acceptors (Lipinski definition) is 8. The first-order valence-electron chi connectivity index (χ1n) is 7.52. The number of carbonyl (C=O) groups excluding carboxylic acids is 3. The maximum Gasteiger partial charge on any atom is 0.119 e. The monoisotopic (exact) mass is 353 g/mol. The molecule has 0 aromatic heterocycles. The van der Waals surface area contributed by atoms with Gasteiger partial charge in [0, 0.05) is 12.8 Å². The van der Waals surface area contributed by atoms with Crippen molar-refractivity contribution in [3.8, 4) is 0 Å². The Morgan fingerprint density at radius 1 is 0.917 bits per heavy atom. The van der Waals surface area contributed by atoms with Crippen molar-refractivity contribution in [1.82, 2.24) is 0 Å². The molecule has 144 valence electrons. The average Bonchev–Trinajstić information content (AvgIpc) is 2.57. The maximum atomic E-state index is 10.8. The predicted octanol–water partition coefficient (Wildman–Crippen LogP) is -2.39. The van der Waals surface area contributed by atoms with E-state index in [2.05, 4.69) is 0 Å². The quantitative estimate of drug-likeness (QED) is 0.261. The average molecular weight is 353 g/mol. The highest BCUT2D eigenvalue weighted by molar-refractivity contribution is 5.65. The minimum atomic E-state index is -1.07. The summed E-state index contributed by atoms with van der Waals surface area (Å²) in [6, 6.07) is 0. The van der Waals surface area contributed by atoms with Crippen molar-refractivity contribution in [2.24, 2.45) is 0 Å². The molecule has 0 aliphatic heterocycles. The van der Waals surface area contributed by atoms with Gasteiger partial charge in [-0.15, -0.1) is 0 Å². The highest BCUT2D eigenvalue weighted by Crippen LogP contribution is 2.06. The van der Waals surface area contributed by atoms with Crippen molar-refractivity contribution in [2.75, 3.05) is 66.3 Å². The van der Waals surface area contributed by atoms with Crippen LogP contribution in [0, 0.1) is 0 Å². The Morgan fingerprint density at radius 2 is 1.29 bits per heavy atom. The summed E-state index contributed by atoms with van der Waals surface area (Å²) in [6.07, 6.45) is 1.45. The SMILES string of the molecule is C=O.C=O.C[N+](CCCOCCO)(CCCOCCO)CC(=O)[O-]. The normalized spacial score (nSPS) is 10.1. The van der Waals surface area contributed by atoms with Gasteiger partial charge in [0.1, 0.15) is 20.1 Å². The standard InChI is InChI=1S/C13H27NO6.2CH2O/c1-14(12-13(17)18,4-2-8-19-10-6-15)5-3-9-20-11-7-16;2*1-2/h15-16H,2-12H2,1H3;2*1H2. The van der Waals surface area contributed by atoms with Crippen molar-refractivity contribution in [3.63, 3.8) is 0 Å². The third kappa shape index (κ3) is 20.6. The second-order valence-corrected chi connectivity index (χ2v) is 4.98. The van der Waals surface area contributed by atoms with Crippen LogP contribution < -0.4 is 5.11 Å². The molecular formula is C15H31NO8. The van der Waals surface area contributed by atoms with Gasteiger partial charge in [0.05, 0.1) is 65.7 Å². The lowest BCUT2D eigenvalue weighted by atomic mass is 10.2. The number of ether oxygens (including phenoxy) is 2. The number of carboxylic acid groups (broad SMARTS) is 1. The van der Waals surface area contributed by atoms with Gasteiger partial charge in [-0.25, -0.2) is 0 Å². The van der Waals surface area contributed by atoms with E-state index in [0.717, 1.165) is 12.8 Å². The smallest absolute Gasteiger partial charge is 0.119 e. The fraction of sp³-hybridized carbons (Fsp3) is 0.800. The van der Waals surface area contributed by atoms with Crippen LogP contribution in [0.5, 0.6) is 0 Å². The van der Waals surface area contributed by atoms with Crippen molar-refractivity contribution in [1.29, 1.82) is 0 Å². The van der Waals surface area contributed by atoms with Gasteiger partial charge in [0.15, 0.2) is 0 Å². The van der Waals surface area contributed by atoms with Crippen molar-refractivity contribution < 1.29 is 43.7 Å². The molecule has 0 bridgehead atoms. The molecule has 0 saturated carbocycles. The topological polar surface area (TPSA) is 133 Å². The molecule has 0 fully saturated rings. The van der Waals surface area contributed by atoms with Gasteiger partial charge in [-0.2, -0.15) is 0 Å². The molecule has 9 nitrogen and oxygen atoms in total. The maximum absolute atomic E-state index is 10.8. The van der Waals surface area contributed by atoms with Gasteiger partial charge in [-0.1, -0.05) is 0 Å². The van der Waals surface area contributed by atoms with E-state index in [0.29, 0.717) is 44.0 Å². The fourth-order valence-electron chi connectivity index (χ4n) is 2.01. The summed E-state index contributed by atoms with van der Waals surface area (Å²) < 4.78 is 10.7. The lowest BCUT2D eigenvalue weighted by Gasteiger charge is -2.35. The van der Waals surface area contributed by atoms with Gasteiger partial charge in [-0.05, 0) is 0 Å². The summed E-state index contributed by atoms with van der Waals surface area (Å²) in [4.78, 5) is 26.8. The van der Waals surface area contributed by atoms with Crippen LogP contribution in [0.1, 0.15) is 12.8 Å². The van der Waals surface area contributed by atoms with Gasteiger partial charge < -0.3 is 43.7 Å². The molecule has 2 N–H and O–H groups in total. The van der Waals surface area contributed by atoms with E-state index < -0.39 is 5.97 Å². The van der Waals surface area contributed by atoms with E-state index >= 15 is 0 Å². The highest BCUT2D eigenvalue weighted by atomic mass is 16.5. The number of likely N-dealkylation sites (N-methyl/N-ethyl adjacent to an activating group) is 1. The van der Waals surface area contributed by atoms with E-state index in [4.69, 9.17) is 29.3 Å². The Hall–Kier alpha value is -1.39. The lowest BCUT2D eigenvalue weighted by Crippen LogP contribution is -2.52. The molecule has 0 atom stereocenters. The molecule has 0 aliphatic rings. The number of hydrogen-bond donors (Lipinski definition) is 2. The number of aliphatic hydroxyl groups excluding tert-OH is 2. The van der Waals surface area contributed by atoms with Crippen molar-refractivity contribution in [3.05, 3.63) is 0 Å². The Morgan fingerprint density at radius 3 is 1.58 bits per heavy atom. The molecular weight excluding hydrogens is 322 g/mol. The number of quaternary nitrogens is 1. The summed E-state index contributed by atoms with van der Waals surface area (Å²) in [7, 11) is 1.87. The van der Waals surface area contributed by atoms with Gasteiger partial charge in [0.2, 0.25) is 0 Å². The summed E-state index contributed by atoms with van der Waals surface area (Å²) in [5.74, 6) is -1.07. The molecule has 0 aliphatic carbocycles. The second kappa shape index (κ2) is 21.6. The van der Waals surface area contributed by atoms with Crippen molar-refractivity contribution >= 4 is 19.5 Å². The molecule has 0 amide bonds. The minimum absolute atomic E-state index is 0.00658. The number of carbonyl (C=O) groups is 3. The minimum Gasteiger partial charge on any atom is -0.544 e. The predicted molar refractivity (Wildman–Crippen MR) is 85.1 cm³/mol. The van der Waals surface area contributed by atoms with E-state index in [1.54, 1.807) is 0 Å². The lowest BCUT2D eigenvalue weighted by molar-refractivity contribution is -0.904. The van der Waals surface area contributed by atoms with Crippen LogP contribution in [-0.4, -0.2) is 101 Å². The molecule has 0 aromatic rings. The zero-order valence-electron chi connectivity index (χ0n) is 14.5. The number of carboxylic acids is 1. The zero-order valence-corrected chi connectivity index (χ0v) is 14.5. The number of nitrogens with zero attached hydrogens (tertiary/aromatic N) is 1. The summed E-state index contributed by atoms with van der Waals surface area (Å²) in [6.45, 7) is 6.89. The molecule has 0 unspecified atom stereocenters. The third-order valence-corrected chi connectivity index (χ3v) is 2.96. The first kappa shape index (κ1) is 27.5. The van der Waals surface area contributed by atoms with Crippen LogP contribution in [0.2, 0.25) is 0 Å². The molecule has 9 heteroatoms. The van der Waals surface area contributed by atoms with Crippen LogP contribution in [0.4, 0.5) is 0 Å². The van der Waals surface area contributed by atoms with E-state index in [1.165, 1.54) is 0 Å². The van der Waals surface area contributed by atoms with Gasteiger partial charge in [0.25, 0.3) is 0 Å². The van der Waals surface area contributed by atoms with Gasteiger partial charge >= 0.3 is 0 Å².